The summed E-state index contributed by atoms with van der Waals surface area (Å²) in [6.45, 7) is 0. The van der Waals surface area contributed by atoms with Crippen LogP contribution in [0.25, 0.3) is 0 Å². The van der Waals surface area contributed by atoms with E-state index < -0.39 is 10.9 Å². The third-order valence-corrected chi connectivity index (χ3v) is 2.59. The first-order chi connectivity index (χ1) is 10.6. The van der Waals surface area contributed by atoms with Gasteiger partial charge in [-0.2, -0.15) is 5.10 Å². The Hall–Kier alpha value is -3.36. The largest absolute Gasteiger partial charge is 0.481 e. The molecule has 1 aromatic heterocycles. The minimum Gasteiger partial charge on any atom is -0.481 e. The lowest BCUT2D eigenvalue weighted by Gasteiger charge is -2.05. The summed E-state index contributed by atoms with van der Waals surface area (Å²) < 4.78 is 0. The lowest BCUT2D eigenvalue weighted by atomic mass is 10.1. The Bertz CT molecular complexity index is 700. The molecule has 0 unspecified atom stereocenters. The summed E-state index contributed by atoms with van der Waals surface area (Å²) in [4.78, 5) is 28.8. The number of aromatic nitrogens is 2. The monoisotopic (exact) mass is 301 g/mol. The Morgan fingerprint density at radius 3 is 2.45 bits per heavy atom. The maximum atomic E-state index is 10.9. The predicted octanol–water partition coefficient (Wildman–Crippen LogP) is 1.68. The zero-order valence-corrected chi connectivity index (χ0v) is 11.2. The van der Waals surface area contributed by atoms with E-state index in [1.54, 1.807) is 6.07 Å². The van der Waals surface area contributed by atoms with E-state index in [0.29, 0.717) is 5.56 Å². The molecular weight excluding hydrogens is 290 g/mol. The van der Waals surface area contributed by atoms with Gasteiger partial charge in [0.15, 0.2) is 0 Å². The van der Waals surface area contributed by atoms with Gasteiger partial charge in [-0.3, -0.25) is 14.9 Å². The molecule has 0 aliphatic carbocycles. The van der Waals surface area contributed by atoms with Crippen molar-refractivity contribution in [3.63, 3.8) is 0 Å². The van der Waals surface area contributed by atoms with Crippen molar-refractivity contribution < 1.29 is 14.8 Å². The molecule has 0 spiro atoms. The van der Waals surface area contributed by atoms with Gasteiger partial charge >= 0.3 is 5.97 Å². The number of carboxylic acid groups (broad SMARTS) is 1. The van der Waals surface area contributed by atoms with Crippen LogP contribution in [0, 0.1) is 10.1 Å². The molecule has 0 aliphatic rings. The van der Waals surface area contributed by atoms with E-state index >= 15 is 0 Å². The predicted molar refractivity (Wildman–Crippen MR) is 77.5 cm³/mol. The van der Waals surface area contributed by atoms with Crippen molar-refractivity contribution in [2.75, 3.05) is 5.43 Å². The molecule has 1 aromatic carbocycles. The summed E-state index contributed by atoms with van der Waals surface area (Å²) in [6, 6.07) is 7.07. The fourth-order valence-electron chi connectivity index (χ4n) is 1.60. The first kappa shape index (κ1) is 15.0. The summed E-state index contributed by atoms with van der Waals surface area (Å²) >= 11 is 0. The fourth-order valence-corrected chi connectivity index (χ4v) is 1.60. The number of hydrogen-bond acceptors (Lipinski definition) is 7. The number of nitrogens with zero attached hydrogens (tertiary/aromatic N) is 4. The molecule has 2 rings (SSSR count). The summed E-state index contributed by atoms with van der Waals surface area (Å²) in [5.41, 5.74) is 3.13. The molecule has 9 heteroatoms. The number of anilines is 1. The number of carboxylic acids is 1. The van der Waals surface area contributed by atoms with Gasteiger partial charge in [0.05, 0.1) is 17.1 Å². The third kappa shape index (κ3) is 4.07. The third-order valence-electron chi connectivity index (χ3n) is 2.59. The summed E-state index contributed by atoms with van der Waals surface area (Å²) in [6.07, 6.45) is 2.67. The molecule has 1 heterocycles. The molecule has 2 N–H and O–H groups in total. The van der Waals surface area contributed by atoms with E-state index in [9.17, 15) is 14.9 Å². The van der Waals surface area contributed by atoms with Crippen LogP contribution in [-0.4, -0.2) is 31.7 Å². The second-order valence-corrected chi connectivity index (χ2v) is 4.12. The number of nitro groups is 1. The number of hydrogen-bond donors (Lipinski definition) is 2. The number of nitrogens with one attached hydrogen (secondary N) is 1. The minimum atomic E-state index is -1.08. The molecule has 112 valence electrons. The summed E-state index contributed by atoms with van der Waals surface area (Å²) in [7, 11) is 0. The first-order valence-corrected chi connectivity index (χ1v) is 6.12. The lowest BCUT2D eigenvalue weighted by molar-refractivity contribution is -0.384. The van der Waals surface area contributed by atoms with Crippen LogP contribution in [0.4, 0.5) is 11.6 Å². The quantitative estimate of drug-likeness (QED) is 0.471. The maximum Gasteiger partial charge on any atom is 0.309 e. The average Bonchev–Trinajstić information content (AvgIpc) is 2.52. The topological polar surface area (TPSA) is 131 Å². The van der Waals surface area contributed by atoms with Crippen molar-refractivity contribution >= 4 is 23.3 Å². The standard InChI is InChI=1S/C13H11N5O4/c19-12(20)8-11(16-17-13-14-6-1-7-15-13)9-2-4-10(5-3-9)18(21)22/h1-7H,8H2,(H,19,20)(H,14,15,17). The SMILES string of the molecule is O=C(O)CC(=NNc1ncccn1)c1ccc([N+](=O)[O-])cc1. The number of non-ortho nitro benzene ring substituents is 1. The Labute approximate surface area is 124 Å². The highest BCUT2D eigenvalue weighted by Gasteiger charge is 2.12. The molecular formula is C13H11N5O4. The van der Waals surface area contributed by atoms with E-state index in [2.05, 4.69) is 20.5 Å². The molecule has 0 atom stereocenters. The van der Waals surface area contributed by atoms with Crippen LogP contribution in [0.3, 0.4) is 0 Å². The van der Waals surface area contributed by atoms with Gasteiger partial charge in [-0.15, -0.1) is 0 Å². The number of carbonyl (C=O) groups is 1. The molecule has 0 saturated heterocycles. The van der Waals surface area contributed by atoms with Crippen molar-refractivity contribution in [1.29, 1.82) is 0 Å². The van der Waals surface area contributed by atoms with Crippen molar-refractivity contribution in [1.82, 2.24) is 9.97 Å². The molecule has 9 nitrogen and oxygen atoms in total. The molecule has 22 heavy (non-hydrogen) atoms. The molecule has 0 saturated carbocycles. The summed E-state index contributed by atoms with van der Waals surface area (Å²) in [5.74, 6) is -0.861. The van der Waals surface area contributed by atoms with Crippen LogP contribution in [0.1, 0.15) is 12.0 Å². The zero-order valence-electron chi connectivity index (χ0n) is 11.2. The smallest absolute Gasteiger partial charge is 0.309 e. The second-order valence-electron chi connectivity index (χ2n) is 4.12. The highest BCUT2D eigenvalue weighted by Crippen LogP contribution is 2.14. The minimum absolute atomic E-state index is 0.0854. The molecule has 2 aromatic rings. The lowest BCUT2D eigenvalue weighted by Crippen LogP contribution is -2.11. The van der Waals surface area contributed by atoms with Gasteiger partial charge in [0, 0.05) is 24.5 Å². The Morgan fingerprint density at radius 1 is 1.27 bits per heavy atom. The Morgan fingerprint density at radius 2 is 1.91 bits per heavy atom. The zero-order chi connectivity index (χ0) is 15.9. The van der Waals surface area contributed by atoms with Gasteiger partial charge in [-0.05, 0) is 23.8 Å². The van der Waals surface area contributed by atoms with Crippen LogP contribution in [0.15, 0.2) is 47.8 Å². The van der Waals surface area contributed by atoms with Crippen LogP contribution < -0.4 is 5.43 Å². The van der Waals surface area contributed by atoms with Crippen molar-refractivity contribution in [2.24, 2.45) is 5.10 Å². The van der Waals surface area contributed by atoms with E-state index in [0.717, 1.165) is 0 Å². The Balaban J connectivity index is 2.25. The summed E-state index contributed by atoms with van der Waals surface area (Å²) in [5, 5.41) is 23.5. The number of hydrazone groups is 1. The van der Waals surface area contributed by atoms with Gasteiger partial charge in [-0.1, -0.05) is 0 Å². The van der Waals surface area contributed by atoms with E-state index in [1.807, 2.05) is 0 Å². The van der Waals surface area contributed by atoms with Gasteiger partial charge in [-0.25, -0.2) is 15.4 Å². The normalized spacial score (nSPS) is 11.0. The highest BCUT2D eigenvalue weighted by atomic mass is 16.6. The molecule has 0 aliphatic heterocycles. The number of benzene rings is 1. The van der Waals surface area contributed by atoms with Crippen LogP contribution in [-0.2, 0) is 4.79 Å². The highest BCUT2D eigenvalue weighted by molar-refractivity contribution is 6.09. The van der Waals surface area contributed by atoms with Crippen molar-refractivity contribution in [2.45, 2.75) is 6.42 Å². The van der Waals surface area contributed by atoms with Crippen molar-refractivity contribution in [3.8, 4) is 0 Å². The van der Waals surface area contributed by atoms with Gasteiger partial charge < -0.3 is 5.11 Å². The number of rotatable bonds is 6. The molecule has 0 bridgehead atoms. The second kappa shape index (κ2) is 6.88. The Kier molecular flexibility index (Phi) is 4.70. The fraction of sp³-hybridized carbons (Fsp3) is 0.0769. The van der Waals surface area contributed by atoms with Crippen LogP contribution in [0.2, 0.25) is 0 Å². The molecule has 0 amide bonds. The molecule has 0 fully saturated rings. The van der Waals surface area contributed by atoms with Gasteiger partial charge in [0.25, 0.3) is 5.69 Å². The maximum absolute atomic E-state index is 10.9. The van der Waals surface area contributed by atoms with Crippen LogP contribution >= 0.6 is 0 Å². The number of aliphatic carboxylic acids is 1. The molecule has 0 radical (unpaired) electrons. The van der Waals surface area contributed by atoms with Gasteiger partial charge in [0.1, 0.15) is 0 Å². The van der Waals surface area contributed by atoms with E-state index in [-0.39, 0.29) is 23.8 Å². The number of nitro benzene ring substituents is 1. The van der Waals surface area contributed by atoms with Crippen LogP contribution in [0.5, 0.6) is 0 Å². The van der Waals surface area contributed by atoms with E-state index in [1.165, 1.54) is 36.7 Å². The van der Waals surface area contributed by atoms with Gasteiger partial charge in [0.2, 0.25) is 5.95 Å². The average molecular weight is 301 g/mol. The van der Waals surface area contributed by atoms with E-state index in [4.69, 9.17) is 5.11 Å². The first-order valence-electron chi connectivity index (χ1n) is 6.12. The van der Waals surface area contributed by atoms with Crippen molar-refractivity contribution in [3.05, 3.63) is 58.4 Å².